The molecule has 0 aliphatic rings. The summed E-state index contributed by atoms with van der Waals surface area (Å²) in [7, 11) is 1.84. The Morgan fingerprint density at radius 2 is 1.93 bits per heavy atom. The highest BCUT2D eigenvalue weighted by molar-refractivity contribution is 9.10. The van der Waals surface area contributed by atoms with E-state index in [4.69, 9.17) is 9.47 Å². The van der Waals surface area contributed by atoms with Gasteiger partial charge in [0.1, 0.15) is 6.61 Å². The minimum Gasteiger partial charge on any atom is -0.490 e. The molecule has 7 nitrogen and oxygen atoms in total. The molecule has 0 atom stereocenters. The number of nitrogens with one attached hydrogen (secondary N) is 1. The highest BCUT2D eigenvalue weighted by Crippen LogP contribution is 2.34. The molecule has 1 N–H and O–H groups in total. The van der Waals surface area contributed by atoms with Gasteiger partial charge < -0.3 is 14.8 Å². The third kappa shape index (κ3) is 6.20. The molecule has 1 aromatic heterocycles. The number of nitrogens with zero attached hydrogens (tertiary/aromatic N) is 4. The number of aryl methyl sites for hydroxylation is 2. The van der Waals surface area contributed by atoms with Crippen molar-refractivity contribution in [3.63, 3.8) is 0 Å². The predicted molar refractivity (Wildman–Crippen MR) is 122 cm³/mol. The maximum Gasteiger partial charge on any atom is 0.209 e. The van der Waals surface area contributed by atoms with Crippen molar-refractivity contribution < 1.29 is 9.47 Å². The average molecular weight is 492 g/mol. The van der Waals surface area contributed by atoms with E-state index in [1.165, 1.54) is 5.56 Å². The molecular weight excluding hydrogens is 466 g/mol. The second-order valence-corrected chi connectivity index (χ2v) is 8.57. The first kappa shape index (κ1) is 22.6. The van der Waals surface area contributed by atoms with Crippen LogP contribution in [0.1, 0.15) is 23.6 Å². The Labute approximate surface area is 189 Å². The van der Waals surface area contributed by atoms with Gasteiger partial charge in [-0.1, -0.05) is 52.0 Å². The number of aromatic nitrogens is 4. The van der Waals surface area contributed by atoms with Gasteiger partial charge in [0.15, 0.2) is 11.5 Å². The number of thioether (sulfide) groups is 1. The van der Waals surface area contributed by atoms with Crippen LogP contribution >= 0.6 is 27.7 Å². The zero-order chi connectivity index (χ0) is 21.3. The van der Waals surface area contributed by atoms with E-state index in [2.05, 4.69) is 55.8 Å². The summed E-state index contributed by atoms with van der Waals surface area (Å²) in [5, 5.41) is 15.7. The summed E-state index contributed by atoms with van der Waals surface area (Å²) in [4.78, 5) is 0. The molecule has 2 aromatic carbocycles. The number of rotatable bonds is 11. The summed E-state index contributed by atoms with van der Waals surface area (Å²) >= 11 is 5.29. The molecule has 1 heterocycles. The van der Waals surface area contributed by atoms with Crippen LogP contribution in [0.25, 0.3) is 0 Å². The first-order chi connectivity index (χ1) is 14.6. The van der Waals surface area contributed by atoms with Gasteiger partial charge in [-0.2, -0.15) is 0 Å². The van der Waals surface area contributed by atoms with Gasteiger partial charge in [0.2, 0.25) is 5.16 Å². The van der Waals surface area contributed by atoms with Crippen LogP contribution in [-0.4, -0.2) is 39.1 Å². The van der Waals surface area contributed by atoms with Crippen LogP contribution in [0.3, 0.4) is 0 Å². The van der Waals surface area contributed by atoms with Crippen molar-refractivity contribution in [3.8, 4) is 11.5 Å². The van der Waals surface area contributed by atoms with Crippen molar-refractivity contribution >= 4 is 27.7 Å². The smallest absolute Gasteiger partial charge is 0.209 e. The fourth-order valence-electron chi connectivity index (χ4n) is 2.80. The monoisotopic (exact) mass is 491 g/mol. The molecule has 0 aliphatic carbocycles. The average Bonchev–Trinajstić information content (AvgIpc) is 3.14. The standard InChI is InChI=1S/C21H26BrN5O2S/c1-4-28-19-11-17(13-23-9-10-30-21-24-25-26-27(21)3)18(22)12-20(19)29-14-16-8-6-5-7-15(16)2/h5-8,11-12,23H,4,9-10,13-14H2,1-3H3. The predicted octanol–water partition coefficient (Wildman–Crippen LogP) is 4.14. The van der Waals surface area contributed by atoms with Gasteiger partial charge in [-0.15, -0.1) is 5.10 Å². The first-order valence-electron chi connectivity index (χ1n) is 9.77. The van der Waals surface area contributed by atoms with E-state index in [0.29, 0.717) is 13.2 Å². The topological polar surface area (TPSA) is 74.1 Å². The summed E-state index contributed by atoms with van der Waals surface area (Å²) in [6.45, 7) is 6.70. The van der Waals surface area contributed by atoms with Gasteiger partial charge in [0.25, 0.3) is 0 Å². The van der Waals surface area contributed by atoms with Gasteiger partial charge in [-0.25, -0.2) is 4.68 Å². The van der Waals surface area contributed by atoms with Crippen molar-refractivity contribution in [1.29, 1.82) is 0 Å². The molecule has 3 aromatic rings. The Bertz CT molecular complexity index is 966. The number of hydrogen-bond acceptors (Lipinski definition) is 7. The number of tetrazole rings is 1. The highest BCUT2D eigenvalue weighted by Gasteiger charge is 2.12. The van der Waals surface area contributed by atoms with Crippen LogP contribution in [0.4, 0.5) is 0 Å². The Hall–Kier alpha value is -2.10. The molecule has 0 saturated heterocycles. The number of halogens is 1. The molecular formula is C21H26BrN5O2S. The number of ether oxygens (including phenoxy) is 2. The Morgan fingerprint density at radius 3 is 2.67 bits per heavy atom. The molecule has 0 spiro atoms. The molecule has 0 unspecified atom stereocenters. The van der Waals surface area contributed by atoms with E-state index in [0.717, 1.165) is 51.1 Å². The van der Waals surface area contributed by atoms with Crippen LogP contribution in [0, 0.1) is 6.92 Å². The van der Waals surface area contributed by atoms with Crippen LogP contribution in [0.15, 0.2) is 46.0 Å². The van der Waals surface area contributed by atoms with Crippen LogP contribution in [-0.2, 0) is 20.2 Å². The van der Waals surface area contributed by atoms with Crippen LogP contribution in [0.5, 0.6) is 11.5 Å². The summed E-state index contributed by atoms with van der Waals surface area (Å²) in [5.74, 6) is 2.37. The molecule has 9 heteroatoms. The van der Waals surface area contributed by atoms with Crippen LogP contribution < -0.4 is 14.8 Å². The van der Waals surface area contributed by atoms with E-state index < -0.39 is 0 Å². The third-order valence-corrected chi connectivity index (χ3v) is 6.21. The quantitative estimate of drug-likeness (QED) is 0.319. The van der Waals surface area contributed by atoms with Gasteiger partial charge in [0.05, 0.1) is 6.61 Å². The van der Waals surface area contributed by atoms with Crippen molar-refractivity contribution in [2.24, 2.45) is 7.05 Å². The fraction of sp³-hybridized carbons (Fsp3) is 0.381. The van der Waals surface area contributed by atoms with Crippen molar-refractivity contribution in [1.82, 2.24) is 25.5 Å². The molecule has 160 valence electrons. The van der Waals surface area contributed by atoms with E-state index in [9.17, 15) is 0 Å². The van der Waals surface area contributed by atoms with Gasteiger partial charge >= 0.3 is 0 Å². The van der Waals surface area contributed by atoms with E-state index in [-0.39, 0.29) is 0 Å². The zero-order valence-corrected chi connectivity index (χ0v) is 19.8. The van der Waals surface area contributed by atoms with E-state index >= 15 is 0 Å². The molecule has 0 radical (unpaired) electrons. The maximum atomic E-state index is 6.09. The first-order valence-corrected chi connectivity index (χ1v) is 11.5. The summed E-state index contributed by atoms with van der Waals surface area (Å²) < 4.78 is 14.6. The summed E-state index contributed by atoms with van der Waals surface area (Å²) in [5.41, 5.74) is 3.50. The lowest BCUT2D eigenvalue weighted by Gasteiger charge is -2.16. The Morgan fingerprint density at radius 1 is 1.13 bits per heavy atom. The lowest BCUT2D eigenvalue weighted by atomic mass is 10.1. The van der Waals surface area contributed by atoms with Crippen molar-refractivity contribution in [2.75, 3.05) is 18.9 Å². The number of hydrogen-bond donors (Lipinski definition) is 1. The zero-order valence-electron chi connectivity index (χ0n) is 17.4. The van der Waals surface area contributed by atoms with Gasteiger partial charge in [0, 0.05) is 30.4 Å². The second kappa shape index (κ2) is 11.3. The molecule has 0 fully saturated rings. The second-order valence-electron chi connectivity index (χ2n) is 6.65. The molecule has 30 heavy (non-hydrogen) atoms. The SMILES string of the molecule is CCOc1cc(CNCCSc2nnnn2C)c(Br)cc1OCc1ccccc1C. The summed E-state index contributed by atoms with van der Waals surface area (Å²) in [6.07, 6.45) is 0. The lowest BCUT2D eigenvalue weighted by Crippen LogP contribution is -2.17. The molecule has 0 bridgehead atoms. The molecule has 0 amide bonds. The number of benzene rings is 2. The van der Waals surface area contributed by atoms with E-state index in [1.807, 2.05) is 38.2 Å². The summed E-state index contributed by atoms with van der Waals surface area (Å²) in [6, 6.07) is 12.3. The molecule has 0 aliphatic heterocycles. The Balaban J connectivity index is 1.58. The third-order valence-electron chi connectivity index (χ3n) is 4.46. The molecule has 3 rings (SSSR count). The minimum absolute atomic E-state index is 0.505. The van der Waals surface area contributed by atoms with E-state index in [1.54, 1.807) is 16.4 Å². The lowest BCUT2D eigenvalue weighted by molar-refractivity contribution is 0.268. The molecule has 0 saturated carbocycles. The van der Waals surface area contributed by atoms with Gasteiger partial charge in [-0.05, 0) is 53.1 Å². The maximum absolute atomic E-state index is 6.09. The fourth-order valence-corrected chi connectivity index (χ4v) is 4.01. The largest absolute Gasteiger partial charge is 0.490 e. The highest BCUT2D eigenvalue weighted by atomic mass is 79.9. The van der Waals surface area contributed by atoms with Crippen LogP contribution in [0.2, 0.25) is 0 Å². The minimum atomic E-state index is 0.505. The van der Waals surface area contributed by atoms with Gasteiger partial charge in [-0.3, -0.25) is 0 Å². The van der Waals surface area contributed by atoms with Crippen molar-refractivity contribution in [2.45, 2.75) is 32.2 Å². The Kier molecular flexibility index (Phi) is 8.53. The normalized spacial score (nSPS) is 10.9. The van der Waals surface area contributed by atoms with Crippen molar-refractivity contribution in [3.05, 3.63) is 57.6 Å².